The second-order valence-corrected chi connectivity index (χ2v) is 4.30. The Balaban J connectivity index is 4.50. The molecule has 0 amide bonds. The minimum absolute atomic E-state index is 0.488. The fourth-order valence-electron chi connectivity index (χ4n) is 0.757. The minimum Gasteiger partial charge on any atom is -0.370 e. The first kappa shape index (κ1) is 12.6. The molecule has 6 heteroatoms. The van der Waals surface area contributed by atoms with Gasteiger partial charge in [0.05, 0.1) is 5.41 Å². The van der Waals surface area contributed by atoms with Crippen molar-refractivity contribution in [3.8, 4) is 0 Å². The number of phosphoric ester groups is 1. The standard InChI is InChI=1S/C7H15O5P/c1-4-7(3,5-2)6(8)12-13(9,10)11/h4-5H2,1-3H3,(H2,9,10,11). The number of hydrogen-bond donors (Lipinski definition) is 2. The van der Waals surface area contributed by atoms with Crippen LogP contribution < -0.4 is 0 Å². The number of carbonyl (C=O) groups is 1. The molecule has 0 spiro atoms. The normalized spacial score (nSPS) is 12.7. The van der Waals surface area contributed by atoms with Crippen LogP contribution in [0.4, 0.5) is 0 Å². The summed E-state index contributed by atoms with van der Waals surface area (Å²) in [5, 5.41) is 0. The Kier molecular flexibility index (Phi) is 4.10. The molecule has 0 saturated heterocycles. The van der Waals surface area contributed by atoms with Gasteiger partial charge in [0, 0.05) is 0 Å². The molecule has 0 aromatic carbocycles. The van der Waals surface area contributed by atoms with Crippen LogP contribution in [0.2, 0.25) is 0 Å². The maximum absolute atomic E-state index is 11.2. The van der Waals surface area contributed by atoms with Gasteiger partial charge in [0.2, 0.25) is 0 Å². The van der Waals surface area contributed by atoms with Crippen molar-refractivity contribution in [1.82, 2.24) is 0 Å². The fourth-order valence-corrected chi connectivity index (χ4v) is 1.19. The van der Waals surface area contributed by atoms with Gasteiger partial charge in [-0.25, -0.2) is 4.57 Å². The Bertz CT molecular complexity index is 227. The lowest BCUT2D eigenvalue weighted by Gasteiger charge is -2.23. The van der Waals surface area contributed by atoms with Crippen molar-refractivity contribution in [2.45, 2.75) is 33.6 Å². The predicted molar refractivity (Wildman–Crippen MR) is 46.8 cm³/mol. The lowest BCUT2D eigenvalue weighted by Crippen LogP contribution is -2.27. The maximum atomic E-state index is 11.2. The molecule has 0 aliphatic heterocycles. The summed E-state index contributed by atoms with van der Waals surface area (Å²) in [6.45, 7) is 5.15. The smallest absolute Gasteiger partial charge is 0.370 e. The molecule has 0 aromatic rings. The highest BCUT2D eigenvalue weighted by atomic mass is 31.2. The van der Waals surface area contributed by atoms with Gasteiger partial charge in [0.1, 0.15) is 0 Å². The van der Waals surface area contributed by atoms with E-state index >= 15 is 0 Å². The molecule has 2 N–H and O–H groups in total. The summed E-state index contributed by atoms with van der Waals surface area (Å²) in [7, 11) is -4.69. The van der Waals surface area contributed by atoms with Crippen molar-refractivity contribution in [1.29, 1.82) is 0 Å². The van der Waals surface area contributed by atoms with E-state index in [0.29, 0.717) is 12.8 Å². The molecule has 0 aromatic heterocycles. The molecule has 78 valence electrons. The minimum atomic E-state index is -4.69. The van der Waals surface area contributed by atoms with Gasteiger partial charge in [-0.3, -0.25) is 14.6 Å². The van der Waals surface area contributed by atoms with E-state index in [2.05, 4.69) is 4.52 Å². The molecular weight excluding hydrogens is 195 g/mol. The average Bonchev–Trinajstić information content (AvgIpc) is 2.00. The summed E-state index contributed by atoms with van der Waals surface area (Å²) in [5.41, 5.74) is -0.804. The average molecular weight is 210 g/mol. The number of rotatable bonds is 4. The van der Waals surface area contributed by atoms with Crippen molar-refractivity contribution in [2.24, 2.45) is 5.41 Å². The highest BCUT2D eigenvalue weighted by Gasteiger charge is 2.35. The van der Waals surface area contributed by atoms with Gasteiger partial charge in [0.15, 0.2) is 0 Å². The van der Waals surface area contributed by atoms with Gasteiger partial charge in [-0.15, -0.1) is 0 Å². The third kappa shape index (κ3) is 3.89. The molecular formula is C7H15O5P. The number of hydrogen-bond acceptors (Lipinski definition) is 3. The molecule has 0 unspecified atom stereocenters. The summed E-state index contributed by atoms with van der Waals surface area (Å²) in [5.74, 6) is -0.842. The molecule has 0 heterocycles. The molecule has 13 heavy (non-hydrogen) atoms. The van der Waals surface area contributed by atoms with Crippen LogP contribution in [0.15, 0.2) is 0 Å². The molecule has 0 aliphatic rings. The summed E-state index contributed by atoms with van der Waals surface area (Å²) in [6.07, 6.45) is 0.977. The highest BCUT2D eigenvalue weighted by molar-refractivity contribution is 7.46. The van der Waals surface area contributed by atoms with Crippen LogP contribution in [0.5, 0.6) is 0 Å². The van der Waals surface area contributed by atoms with Crippen molar-refractivity contribution < 1.29 is 23.7 Å². The van der Waals surface area contributed by atoms with Crippen LogP contribution in [0, 0.1) is 5.41 Å². The van der Waals surface area contributed by atoms with Crippen LogP contribution in [-0.2, 0) is 13.9 Å². The van der Waals surface area contributed by atoms with Crippen LogP contribution in [-0.4, -0.2) is 15.8 Å². The van der Waals surface area contributed by atoms with Crippen molar-refractivity contribution in [2.75, 3.05) is 0 Å². The lowest BCUT2D eigenvalue weighted by atomic mass is 9.85. The predicted octanol–water partition coefficient (Wildman–Crippen LogP) is 1.45. The van der Waals surface area contributed by atoms with E-state index in [1.807, 2.05) is 0 Å². The Labute approximate surface area is 77.3 Å². The molecule has 0 rings (SSSR count). The summed E-state index contributed by atoms with van der Waals surface area (Å²) in [6, 6.07) is 0. The summed E-state index contributed by atoms with van der Waals surface area (Å²) >= 11 is 0. The van der Waals surface area contributed by atoms with E-state index < -0.39 is 19.2 Å². The van der Waals surface area contributed by atoms with Gasteiger partial charge in [0.25, 0.3) is 0 Å². The number of carbonyl (C=O) groups excluding carboxylic acids is 1. The zero-order chi connectivity index (χ0) is 10.7. The van der Waals surface area contributed by atoms with Crippen molar-refractivity contribution in [3.63, 3.8) is 0 Å². The van der Waals surface area contributed by atoms with Gasteiger partial charge in [-0.2, -0.15) is 0 Å². The quantitative estimate of drug-likeness (QED) is 0.686. The van der Waals surface area contributed by atoms with Crippen LogP contribution in [0.25, 0.3) is 0 Å². The number of phosphoric acid groups is 1. The van der Waals surface area contributed by atoms with Gasteiger partial charge in [-0.1, -0.05) is 13.8 Å². The van der Waals surface area contributed by atoms with E-state index in [-0.39, 0.29) is 0 Å². The van der Waals surface area contributed by atoms with E-state index in [4.69, 9.17) is 9.79 Å². The summed E-state index contributed by atoms with van der Waals surface area (Å²) in [4.78, 5) is 28.0. The third-order valence-electron chi connectivity index (χ3n) is 2.26. The molecule has 0 bridgehead atoms. The van der Waals surface area contributed by atoms with Crippen molar-refractivity contribution in [3.05, 3.63) is 0 Å². The van der Waals surface area contributed by atoms with Crippen LogP contribution >= 0.6 is 7.82 Å². The zero-order valence-electron chi connectivity index (χ0n) is 7.98. The Morgan fingerprint density at radius 3 is 2.00 bits per heavy atom. The highest BCUT2D eigenvalue weighted by Crippen LogP contribution is 2.40. The topological polar surface area (TPSA) is 83.8 Å². The molecule has 5 nitrogen and oxygen atoms in total. The summed E-state index contributed by atoms with van der Waals surface area (Å²) < 4.78 is 14.4. The van der Waals surface area contributed by atoms with Crippen LogP contribution in [0.3, 0.4) is 0 Å². The lowest BCUT2D eigenvalue weighted by molar-refractivity contribution is -0.146. The van der Waals surface area contributed by atoms with Crippen molar-refractivity contribution >= 4 is 13.8 Å². The Morgan fingerprint density at radius 1 is 1.38 bits per heavy atom. The molecule has 0 atom stereocenters. The van der Waals surface area contributed by atoms with Gasteiger partial charge >= 0.3 is 13.8 Å². The molecule has 0 fully saturated rings. The maximum Gasteiger partial charge on any atom is 0.527 e. The third-order valence-corrected chi connectivity index (χ3v) is 2.66. The molecule has 0 saturated carbocycles. The van der Waals surface area contributed by atoms with Gasteiger partial charge in [-0.05, 0) is 19.8 Å². The van der Waals surface area contributed by atoms with E-state index in [1.54, 1.807) is 20.8 Å². The molecule has 0 aliphatic carbocycles. The largest absolute Gasteiger partial charge is 0.527 e. The second-order valence-electron chi connectivity index (χ2n) is 3.14. The second kappa shape index (κ2) is 4.22. The Hall–Kier alpha value is -0.380. The molecule has 0 radical (unpaired) electrons. The van der Waals surface area contributed by atoms with Gasteiger partial charge < -0.3 is 4.52 Å². The first-order valence-electron chi connectivity index (χ1n) is 4.04. The first-order chi connectivity index (χ1) is 5.75. The Morgan fingerprint density at radius 2 is 1.77 bits per heavy atom. The van der Waals surface area contributed by atoms with E-state index in [0.717, 1.165) is 0 Å². The van der Waals surface area contributed by atoms with E-state index in [9.17, 15) is 9.36 Å². The monoisotopic (exact) mass is 210 g/mol. The zero-order valence-corrected chi connectivity index (χ0v) is 8.88. The fraction of sp³-hybridized carbons (Fsp3) is 0.857. The first-order valence-corrected chi connectivity index (χ1v) is 5.58. The van der Waals surface area contributed by atoms with E-state index in [1.165, 1.54) is 0 Å². The van der Waals surface area contributed by atoms with Crippen LogP contribution in [0.1, 0.15) is 33.6 Å². The SMILES string of the molecule is CCC(C)(CC)C(=O)OP(=O)(O)O.